The molecule has 0 radical (unpaired) electrons. The van der Waals surface area contributed by atoms with Crippen molar-refractivity contribution < 1.29 is 14.7 Å². The highest BCUT2D eigenvalue weighted by molar-refractivity contribution is 6.02. The molecule has 1 aromatic heterocycles. The summed E-state index contributed by atoms with van der Waals surface area (Å²) in [6, 6.07) is 10.0. The molecule has 0 saturated carbocycles. The number of nitrogens with zero attached hydrogens (tertiary/aromatic N) is 1. The van der Waals surface area contributed by atoms with Gasteiger partial charge < -0.3 is 10.4 Å². The summed E-state index contributed by atoms with van der Waals surface area (Å²) in [6.07, 6.45) is 1.46. The number of fused-ring (bicyclic) bond motifs is 1. The summed E-state index contributed by atoms with van der Waals surface area (Å²) in [5.74, 6) is -0.643. The van der Waals surface area contributed by atoms with Crippen LogP contribution in [0.1, 0.15) is 60.0 Å². The van der Waals surface area contributed by atoms with Gasteiger partial charge in [0.1, 0.15) is 5.56 Å². The standard InChI is InChI=1S/C22H26N2O4/c1-4-14(13-25)23-20(27)17-10-16-18(11-22(2,3)12-19(16)26)24(21(17)28)15-8-6-5-7-9-15/h5-10,14,25H,4,11-13H2,1-3H3,(H,23,27). The molecule has 0 saturated heterocycles. The first-order chi connectivity index (χ1) is 13.3. The van der Waals surface area contributed by atoms with Gasteiger partial charge in [0.15, 0.2) is 5.78 Å². The van der Waals surface area contributed by atoms with E-state index in [1.807, 2.05) is 39.0 Å². The summed E-state index contributed by atoms with van der Waals surface area (Å²) in [5.41, 5.74) is 0.885. The third-order valence-corrected chi connectivity index (χ3v) is 5.20. The third-order valence-electron chi connectivity index (χ3n) is 5.20. The van der Waals surface area contributed by atoms with E-state index in [0.29, 0.717) is 36.2 Å². The molecule has 6 nitrogen and oxygen atoms in total. The van der Waals surface area contributed by atoms with Crippen molar-refractivity contribution in [3.8, 4) is 5.69 Å². The Kier molecular flexibility index (Phi) is 5.52. The Morgan fingerprint density at radius 3 is 2.50 bits per heavy atom. The molecule has 1 aromatic carbocycles. The van der Waals surface area contributed by atoms with E-state index in [2.05, 4.69) is 5.32 Å². The first-order valence-electron chi connectivity index (χ1n) is 9.56. The minimum Gasteiger partial charge on any atom is -0.394 e. The quantitative estimate of drug-likeness (QED) is 0.832. The predicted octanol–water partition coefficient (Wildman–Crippen LogP) is 2.49. The molecule has 1 unspecified atom stereocenters. The molecule has 1 aliphatic rings. The second-order valence-electron chi connectivity index (χ2n) is 8.10. The van der Waals surface area contributed by atoms with Gasteiger partial charge in [0.05, 0.1) is 12.6 Å². The zero-order valence-corrected chi connectivity index (χ0v) is 16.5. The number of benzene rings is 1. The van der Waals surface area contributed by atoms with Gasteiger partial charge in [-0.25, -0.2) is 0 Å². The lowest BCUT2D eigenvalue weighted by Gasteiger charge is -2.32. The number of hydrogen-bond donors (Lipinski definition) is 2. The summed E-state index contributed by atoms with van der Waals surface area (Å²) in [4.78, 5) is 38.9. The number of aliphatic hydroxyl groups is 1. The van der Waals surface area contributed by atoms with Gasteiger partial charge in [-0.3, -0.25) is 19.0 Å². The van der Waals surface area contributed by atoms with E-state index < -0.39 is 17.5 Å². The molecular formula is C22H26N2O4. The fraction of sp³-hybridized carbons (Fsp3) is 0.409. The van der Waals surface area contributed by atoms with E-state index in [1.165, 1.54) is 10.6 Å². The number of carbonyl (C=O) groups is 2. The second kappa shape index (κ2) is 7.72. The fourth-order valence-corrected chi connectivity index (χ4v) is 3.67. The minimum absolute atomic E-state index is 0.0702. The van der Waals surface area contributed by atoms with Crippen molar-refractivity contribution >= 4 is 11.7 Å². The van der Waals surface area contributed by atoms with Crippen LogP contribution in [0.5, 0.6) is 0 Å². The van der Waals surface area contributed by atoms with Crippen LogP contribution in [-0.4, -0.2) is 34.0 Å². The number of nitrogens with one attached hydrogen (secondary N) is 1. The van der Waals surface area contributed by atoms with Crippen LogP contribution in [0.4, 0.5) is 0 Å². The molecule has 1 atom stereocenters. The van der Waals surface area contributed by atoms with Crippen LogP contribution in [0.3, 0.4) is 0 Å². The van der Waals surface area contributed by atoms with Crippen molar-refractivity contribution in [1.82, 2.24) is 9.88 Å². The summed E-state index contributed by atoms with van der Waals surface area (Å²) in [7, 11) is 0. The monoisotopic (exact) mass is 382 g/mol. The summed E-state index contributed by atoms with van der Waals surface area (Å²) < 4.78 is 1.49. The van der Waals surface area contributed by atoms with Crippen LogP contribution in [0.15, 0.2) is 41.2 Å². The summed E-state index contributed by atoms with van der Waals surface area (Å²) >= 11 is 0. The maximum atomic E-state index is 13.3. The Morgan fingerprint density at radius 1 is 1.21 bits per heavy atom. The lowest BCUT2D eigenvalue weighted by atomic mass is 9.75. The number of carbonyl (C=O) groups excluding carboxylic acids is 2. The second-order valence-corrected chi connectivity index (χ2v) is 8.10. The maximum absolute atomic E-state index is 13.3. The lowest BCUT2D eigenvalue weighted by molar-refractivity contribution is 0.0907. The van der Waals surface area contributed by atoms with E-state index in [0.717, 1.165) is 0 Å². The average Bonchev–Trinajstić information content (AvgIpc) is 2.65. The van der Waals surface area contributed by atoms with E-state index in [1.54, 1.807) is 12.1 Å². The van der Waals surface area contributed by atoms with Crippen molar-refractivity contribution in [2.75, 3.05) is 6.61 Å². The number of rotatable bonds is 5. The van der Waals surface area contributed by atoms with Crippen molar-refractivity contribution in [3.63, 3.8) is 0 Å². The molecule has 28 heavy (non-hydrogen) atoms. The third kappa shape index (κ3) is 3.78. The van der Waals surface area contributed by atoms with E-state index in [-0.39, 0.29) is 23.4 Å². The molecule has 1 heterocycles. The number of amides is 1. The highest BCUT2D eigenvalue weighted by atomic mass is 16.3. The molecule has 3 rings (SSSR count). The highest BCUT2D eigenvalue weighted by Crippen LogP contribution is 2.35. The molecule has 148 valence electrons. The van der Waals surface area contributed by atoms with Gasteiger partial charge in [-0.05, 0) is 36.5 Å². The number of ketones is 1. The maximum Gasteiger partial charge on any atom is 0.268 e. The number of Topliss-reactive ketones (excluding diaryl/α,β-unsaturated/α-hetero) is 1. The number of para-hydroxylation sites is 1. The minimum atomic E-state index is -0.573. The smallest absolute Gasteiger partial charge is 0.268 e. The topological polar surface area (TPSA) is 88.4 Å². The van der Waals surface area contributed by atoms with E-state index >= 15 is 0 Å². The molecule has 0 aliphatic heterocycles. The number of aromatic nitrogens is 1. The van der Waals surface area contributed by atoms with Gasteiger partial charge >= 0.3 is 0 Å². The lowest BCUT2D eigenvalue weighted by Crippen LogP contribution is -2.42. The van der Waals surface area contributed by atoms with Gasteiger partial charge in [0.25, 0.3) is 11.5 Å². The van der Waals surface area contributed by atoms with Crippen molar-refractivity contribution in [2.24, 2.45) is 5.41 Å². The number of hydrogen-bond acceptors (Lipinski definition) is 4. The Morgan fingerprint density at radius 2 is 1.89 bits per heavy atom. The zero-order chi connectivity index (χ0) is 20.5. The molecule has 1 amide bonds. The number of aliphatic hydroxyl groups excluding tert-OH is 1. The number of pyridine rings is 1. The fourth-order valence-electron chi connectivity index (χ4n) is 3.67. The Bertz CT molecular complexity index is 956. The van der Waals surface area contributed by atoms with E-state index in [9.17, 15) is 19.5 Å². The van der Waals surface area contributed by atoms with Gasteiger partial charge in [-0.1, -0.05) is 39.0 Å². The van der Waals surface area contributed by atoms with Crippen molar-refractivity contribution in [2.45, 2.75) is 46.1 Å². The average molecular weight is 382 g/mol. The first-order valence-corrected chi connectivity index (χ1v) is 9.56. The van der Waals surface area contributed by atoms with Crippen molar-refractivity contribution in [1.29, 1.82) is 0 Å². The Hall–Kier alpha value is -2.73. The molecule has 2 aromatic rings. The van der Waals surface area contributed by atoms with E-state index in [4.69, 9.17) is 0 Å². The summed E-state index contributed by atoms with van der Waals surface area (Å²) in [5, 5.41) is 12.0. The van der Waals surface area contributed by atoms with Gasteiger partial charge in [0, 0.05) is 23.4 Å². The van der Waals surface area contributed by atoms with Gasteiger partial charge in [-0.2, -0.15) is 0 Å². The van der Waals surface area contributed by atoms with Crippen molar-refractivity contribution in [3.05, 3.63) is 63.6 Å². The molecule has 2 N–H and O–H groups in total. The first kappa shape index (κ1) is 20.0. The zero-order valence-electron chi connectivity index (χ0n) is 16.5. The normalized spacial score (nSPS) is 16.4. The molecule has 1 aliphatic carbocycles. The van der Waals surface area contributed by atoms with Gasteiger partial charge in [0.2, 0.25) is 0 Å². The van der Waals surface area contributed by atoms with Crippen LogP contribution < -0.4 is 10.9 Å². The summed E-state index contributed by atoms with van der Waals surface area (Å²) in [6.45, 7) is 5.62. The van der Waals surface area contributed by atoms with Crippen LogP contribution >= 0.6 is 0 Å². The van der Waals surface area contributed by atoms with Crippen LogP contribution in [-0.2, 0) is 6.42 Å². The van der Waals surface area contributed by atoms with Gasteiger partial charge in [-0.15, -0.1) is 0 Å². The molecule has 0 bridgehead atoms. The SMILES string of the molecule is CCC(CO)NC(=O)c1cc2c(n(-c3ccccc3)c1=O)CC(C)(C)CC2=O. The predicted molar refractivity (Wildman–Crippen MR) is 107 cm³/mol. The highest BCUT2D eigenvalue weighted by Gasteiger charge is 2.35. The largest absolute Gasteiger partial charge is 0.394 e. The molecule has 0 spiro atoms. The van der Waals surface area contributed by atoms with Crippen LogP contribution in [0.2, 0.25) is 0 Å². The molecule has 6 heteroatoms. The van der Waals surface area contributed by atoms with Crippen LogP contribution in [0, 0.1) is 5.41 Å². The Labute approximate surface area is 164 Å². The molecular weight excluding hydrogens is 356 g/mol. The molecule has 0 fully saturated rings. The van der Waals surface area contributed by atoms with Crippen LogP contribution in [0.25, 0.3) is 5.69 Å². The Balaban J connectivity index is 2.22.